The minimum atomic E-state index is -3.47. The van der Waals surface area contributed by atoms with Crippen LogP contribution in [0.15, 0.2) is 54.7 Å². The van der Waals surface area contributed by atoms with Gasteiger partial charge in [0.15, 0.2) is 5.54 Å². The Labute approximate surface area is 207 Å². The minimum Gasteiger partial charge on any atom is -0.458 e. The van der Waals surface area contributed by atoms with Crippen molar-refractivity contribution in [2.24, 2.45) is 0 Å². The van der Waals surface area contributed by atoms with Crippen molar-refractivity contribution in [1.29, 1.82) is 0 Å². The smallest absolute Gasteiger partial charge is 0.337 e. The van der Waals surface area contributed by atoms with Crippen molar-refractivity contribution >= 4 is 44.2 Å². The highest BCUT2D eigenvalue weighted by Gasteiger charge is 2.45. The zero-order valence-corrected chi connectivity index (χ0v) is 22.0. The first-order valence-electron chi connectivity index (χ1n) is 11.5. The predicted octanol–water partition coefficient (Wildman–Crippen LogP) is 6.33. The van der Waals surface area contributed by atoms with Gasteiger partial charge in [0.1, 0.15) is 5.60 Å². The molecule has 0 spiro atoms. The average molecular weight is 505 g/mol. The topological polar surface area (TPSA) is 77.4 Å². The Morgan fingerprint density at radius 1 is 1.09 bits per heavy atom. The molecule has 0 amide bonds. The van der Waals surface area contributed by atoms with Crippen molar-refractivity contribution < 1.29 is 17.9 Å². The molecule has 0 aliphatic rings. The number of nitrogens with zero attached hydrogens (tertiary/aromatic N) is 1. The first-order chi connectivity index (χ1) is 15.9. The van der Waals surface area contributed by atoms with Crippen LogP contribution in [0, 0.1) is 0 Å². The fraction of sp³-hybridized carbons (Fsp3) is 0.423. The molecule has 3 aromatic rings. The van der Waals surface area contributed by atoms with Crippen molar-refractivity contribution in [2.45, 2.75) is 64.5 Å². The van der Waals surface area contributed by atoms with E-state index in [4.69, 9.17) is 16.3 Å². The van der Waals surface area contributed by atoms with E-state index in [-0.39, 0.29) is 5.97 Å². The average Bonchev–Trinajstić information content (AvgIpc) is 3.19. The van der Waals surface area contributed by atoms with Gasteiger partial charge in [-0.3, -0.25) is 4.72 Å². The molecule has 0 saturated carbocycles. The Morgan fingerprint density at radius 2 is 1.76 bits per heavy atom. The molecule has 3 rings (SSSR count). The van der Waals surface area contributed by atoms with E-state index in [1.54, 1.807) is 24.3 Å². The van der Waals surface area contributed by atoms with Crippen LogP contribution in [0.1, 0.15) is 58.9 Å². The lowest BCUT2D eigenvalue weighted by Gasteiger charge is -2.37. The van der Waals surface area contributed by atoms with Gasteiger partial charge in [-0.1, -0.05) is 50.1 Å². The Kier molecular flexibility index (Phi) is 7.68. The van der Waals surface area contributed by atoms with E-state index in [1.165, 1.54) is 0 Å². The van der Waals surface area contributed by atoms with E-state index in [2.05, 4.69) is 11.6 Å². The number of carbonyl (C=O) groups excluding carboxylic acids is 1. The Hall–Kier alpha value is -2.51. The number of unbranched alkanes of at least 4 members (excludes halogenated alkanes) is 1. The van der Waals surface area contributed by atoms with E-state index in [9.17, 15) is 13.2 Å². The van der Waals surface area contributed by atoms with Crippen molar-refractivity contribution in [2.75, 3.05) is 11.0 Å². The number of nitrogens with one attached hydrogen (secondary N) is 1. The molecule has 0 fully saturated rings. The molecule has 34 heavy (non-hydrogen) atoms. The Bertz CT molecular complexity index is 1270. The number of ether oxygens (including phenoxy) is 1. The number of benzene rings is 2. The van der Waals surface area contributed by atoms with Gasteiger partial charge in [0, 0.05) is 16.6 Å². The van der Waals surface area contributed by atoms with Gasteiger partial charge >= 0.3 is 5.97 Å². The summed E-state index contributed by atoms with van der Waals surface area (Å²) in [7, 11) is -3.47. The van der Waals surface area contributed by atoms with Crippen molar-refractivity contribution in [3.63, 3.8) is 0 Å². The summed E-state index contributed by atoms with van der Waals surface area (Å²) in [5.74, 6) is -0.364. The zero-order chi connectivity index (χ0) is 25.1. The maximum absolute atomic E-state index is 14.0. The van der Waals surface area contributed by atoms with Crippen molar-refractivity contribution in [1.82, 2.24) is 4.57 Å². The van der Waals surface area contributed by atoms with Gasteiger partial charge in [0.05, 0.1) is 17.5 Å². The van der Waals surface area contributed by atoms with Crippen LogP contribution in [0.5, 0.6) is 0 Å². The second-order valence-electron chi connectivity index (χ2n) is 9.27. The standard InChI is InChI=1S/C26H33ClN2O4S/c1-6-8-17-25(3,4)33-24(30)26(7-2,19-12-14-20(27)15-13-19)29-18-16-21-22(28-34(5,31)32)10-9-11-23(21)29/h9-16,18,28H,6-8,17H2,1-5H3. The predicted molar refractivity (Wildman–Crippen MR) is 139 cm³/mol. The van der Waals surface area contributed by atoms with Crippen LogP contribution < -0.4 is 4.72 Å². The third-order valence-electron chi connectivity index (χ3n) is 6.11. The number of hydrogen-bond acceptors (Lipinski definition) is 4. The second kappa shape index (κ2) is 10.0. The fourth-order valence-electron chi connectivity index (χ4n) is 4.38. The number of halogens is 1. The second-order valence-corrected chi connectivity index (χ2v) is 11.5. The van der Waals surface area contributed by atoms with Crippen LogP contribution in [0.25, 0.3) is 10.9 Å². The summed E-state index contributed by atoms with van der Waals surface area (Å²) in [6.45, 7) is 7.92. The molecule has 184 valence electrons. The van der Waals surface area contributed by atoms with E-state index < -0.39 is 21.2 Å². The lowest BCUT2D eigenvalue weighted by Crippen LogP contribution is -2.46. The molecular formula is C26H33ClN2O4S. The van der Waals surface area contributed by atoms with Crippen LogP contribution in [-0.2, 0) is 25.1 Å². The van der Waals surface area contributed by atoms with E-state index >= 15 is 0 Å². The van der Waals surface area contributed by atoms with Crippen molar-refractivity contribution in [3.8, 4) is 0 Å². The third kappa shape index (κ3) is 5.41. The monoisotopic (exact) mass is 504 g/mol. The molecule has 1 unspecified atom stereocenters. The summed E-state index contributed by atoms with van der Waals surface area (Å²) in [6.07, 6.45) is 6.07. The Morgan fingerprint density at radius 3 is 2.35 bits per heavy atom. The number of hydrogen-bond donors (Lipinski definition) is 1. The molecule has 6 nitrogen and oxygen atoms in total. The summed E-state index contributed by atoms with van der Waals surface area (Å²) >= 11 is 6.16. The number of rotatable bonds is 10. The van der Waals surface area contributed by atoms with Gasteiger partial charge in [0.25, 0.3) is 0 Å². The van der Waals surface area contributed by atoms with E-state index in [0.717, 1.165) is 31.1 Å². The molecule has 0 aliphatic carbocycles. The van der Waals surface area contributed by atoms with E-state index in [1.807, 2.05) is 55.8 Å². The molecular weight excluding hydrogens is 472 g/mol. The largest absolute Gasteiger partial charge is 0.458 e. The maximum Gasteiger partial charge on any atom is 0.337 e. The van der Waals surface area contributed by atoms with Gasteiger partial charge in [-0.05, 0) is 69.0 Å². The van der Waals surface area contributed by atoms with Crippen molar-refractivity contribution in [3.05, 3.63) is 65.3 Å². The lowest BCUT2D eigenvalue weighted by atomic mass is 9.86. The SMILES string of the molecule is CCCCC(C)(C)OC(=O)C(CC)(c1ccc(Cl)cc1)n1ccc2c(NS(C)(=O)=O)cccc21. The number of sulfonamides is 1. The molecule has 0 bridgehead atoms. The molecule has 2 aromatic carbocycles. The van der Waals surface area contributed by atoms with Crippen LogP contribution in [0.2, 0.25) is 5.02 Å². The number of fused-ring (bicyclic) bond motifs is 1. The zero-order valence-electron chi connectivity index (χ0n) is 20.4. The summed E-state index contributed by atoms with van der Waals surface area (Å²) in [6, 6.07) is 14.4. The number of anilines is 1. The molecule has 1 N–H and O–H groups in total. The Balaban J connectivity index is 2.22. The van der Waals surface area contributed by atoms with Crippen LogP contribution in [-0.4, -0.2) is 30.8 Å². The van der Waals surface area contributed by atoms with Crippen LogP contribution in [0.3, 0.4) is 0 Å². The molecule has 0 radical (unpaired) electrons. The van der Waals surface area contributed by atoms with E-state index in [0.29, 0.717) is 28.0 Å². The maximum atomic E-state index is 14.0. The summed E-state index contributed by atoms with van der Waals surface area (Å²) in [4.78, 5) is 14.0. The van der Waals surface area contributed by atoms with Crippen LogP contribution >= 0.6 is 11.6 Å². The molecule has 1 aromatic heterocycles. The highest BCUT2D eigenvalue weighted by Crippen LogP contribution is 2.39. The number of esters is 1. The summed E-state index contributed by atoms with van der Waals surface area (Å²) in [5.41, 5.74) is 0.116. The molecule has 1 heterocycles. The molecule has 8 heteroatoms. The lowest BCUT2D eigenvalue weighted by molar-refractivity contribution is -0.166. The van der Waals surface area contributed by atoms with Gasteiger partial charge < -0.3 is 9.30 Å². The van der Waals surface area contributed by atoms with Crippen LogP contribution in [0.4, 0.5) is 5.69 Å². The summed E-state index contributed by atoms with van der Waals surface area (Å²) in [5, 5.41) is 1.26. The minimum absolute atomic E-state index is 0.364. The highest BCUT2D eigenvalue weighted by molar-refractivity contribution is 7.92. The fourth-order valence-corrected chi connectivity index (χ4v) is 5.08. The first-order valence-corrected chi connectivity index (χ1v) is 13.8. The molecule has 1 atom stereocenters. The summed E-state index contributed by atoms with van der Waals surface area (Å²) < 4.78 is 34.4. The van der Waals surface area contributed by atoms with Gasteiger partial charge in [-0.25, -0.2) is 13.2 Å². The molecule has 0 aliphatic heterocycles. The molecule has 0 saturated heterocycles. The normalized spacial score (nSPS) is 14.1. The van der Waals surface area contributed by atoms with Gasteiger partial charge in [0.2, 0.25) is 10.0 Å². The number of carbonyl (C=O) groups is 1. The highest BCUT2D eigenvalue weighted by atomic mass is 35.5. The first kappa shape index (κ1) is 26.1. The van der Waals surface area contributed by atoms with Gasteiger partial charge in [-0.2, -0.15) is 0 Å². The number of aromatic nitrogens is 1. The van der Waals surface area contributed by atoms with Gasteiger partial charge in [-0.15, -0.1) is 0 Å². The third-order valence-corrected chi connectivity index (χ3v) is 6.95. The quantitative estimate of drug-likeness (QED) is 0.327.